The second-order valence-corrected chi connectivity index (χ2v) is 5.55. The summed E-state index contributed by atoms with van der Waals surface area (Å²) in [6.07, 6.45) is 1.73. The summed E-state index contributed by atoms with van der Waals surface area (Å²) in [6, 6.07) is 12.6. The molecule has 1 atom stereocenters. The summed E-state index contributed by atoms with van der Waals surface area (Å²) in [6.45, 7) is 3.74. The van der Waals surface area contributed by atoms with Crippen molar-refractivity contribution in [3.05, 3.63) is 48.7 Å². The molecule has 6 heteroatoms. The van der Waals surface area contributed by atoms with Gasteiger partial charge >= 0.3 is 0 Å². The molecule has 1 aliphatic rings. The molecule has 126 valence electrons. The Bertz CT molecular complexity index is 678. The minimum atomic E-state index is -0.0406. The molecule has 0 bridgehead atoms. The first-order valence-corrected chi connectivity index (χ1v) is 7.92. The van der Waals surface area contributed by atoms with Crippen molar-refractivity contribution in [1.82, 2.24) is 9.88 Å². The van der Waals surface area contributed by atoms with Crippen molar-refractivity contribution in [3.63, 3.8) is 0 Å². The number of rotatable bonds is 5. The van der Waals surface area contributed by atoms with Gasteiger partial charge in [-0.3, -0.25) is 4.79 Å². The molecular weight excluding hydrogens is 308 g/mol. The van der Waals surface area contributed by atoms with Gasteiger partial charge in [0.1, 0.15) is 11.5 Å². The van der Waals surface area contributed by atoms with E-state index in [-0.39, 0.29) is 18.6 Å². The molecule has 3 rings (SSSR count). The molecule has 0 radical (unpaired) electrons. The number of carbonyl (C=O) groups excluding carboxylic acids is 1. The van der Waals surface area contributed by atoms with Gasteiger partial charge in [0.05, 0.1) is 12.7 Å². The van der Waals surface area contributed by atoms with Gasteiger partial charge in [0, 0.05) is 31.4 Å². The van der Waals surface area contributed by atoms with Gasteiger partial charge in [-0.05, 0) is 25.1 Å². The molecule has 2 aromatic rings. The fraction of sp³-hybridized carbons (Fsp3) is 0.333. The minimum absolute atomic E-state index is 0.000238. The zero-order valence-electron chi connectivity index (χ0n) is 13.6. The molecule has 2 heterocycles. The molecule has 1 amide bonds. The smallest absolute Gasteiger partial charge is 0.260 e. The highest BCUT2D eigenvalue weighted by molar-refractivity contribution is 5.77. The minimum Gasteiger partial charge on any atom is -0.484 e. The zero-order chi connectivity index (χ0) is 16.8. The molecule has 1 aliphatic heterocycles. The Morgan fingerprint density at radius 3 is 2.96 bits per heavy atom. The summed E-state index contributed by atoms with van der Waals surface area (Å²) in [7, 11) is 0. The molecule has 1 aromatic heterocycles. The Morgan fingerprint density at radius 2 is 2.17 bits per heavy atom. The standard InChI is InChI=1S/C18H20N2O4/c1-14-12-20(9-10-22-14)18(21)13-23-15-5-4-6-16(11-15)24-17-7-2-3-8-19-17/h2-8,11,14H,9-10,12-13H2,1H3/t14-/m0/s1. The number of carbonyl (C=O) groups is 1. The van der Waals surface area contributed by atoms with Crippen LogP contribution in [0.15, 0.2) is 48.7 Å². The molecule has 0 saturated carbocycles. The van der Waals surface area contributed by atoms with E-state index in [0.29, 0.717) is 37.1 Å². The van der Waals surface area contributed by atoms with E-state index in [9.17, 15) is 4.79 Å². The lowest BCUT2D eigenvalue weighted by Crippen LogP contribution is -2.46. The van der Waals surface area contributed by atoms with E-state index in [2.05, 4.69) is 4.98 Å². The Balaban J connectivity index is 1.55. The number of hydrogen-bond acceptors (Lipinski definition) is 5. The van der Waals surface area contributed by atoms with Crippen LogP contribution in [0.4, 0.5) is 0 Å². The lowest BCUT2D eigenvalue weighted by atomic mass is 10.3. The Morgan fingerprint density at radius 1 is 1.29 bits per heavy atom. The molecule has 0 N–H and O–H groups in total. The van der Waals surface area contributed by atoms with E-state index < -0.39 is 0 Å². The van der Waals surface area contributed by atoms with Gasteiger partial charge in [0.15, 0.2) is 6.61 Å². The van der Waals surface area contributed by atoms with Crippen LogP contribution in [0, 0.1) is 0 Å². The van der Waals surface area contributed by atoms with Crippen LogP contribution in [0.1, 0.15) is 6.92 Å². The van der Waals surface area contributed by atoms with Gasteiger partial charge in [-0.15, -0.1) is 0 Å². The molecule has 0 spiro atoms. The van der Waals surface area contributed by atoms with Crippen LogP contribution in [0.25, 0.3) is 0 Å². The lowest BCUT2D eigenvalue weighted by Gasteiger charge is -2.31. The summed E-state index contributed by atoms with van der Waals surface area (Å²) in [5, 5.41) is 0. The molecule has 1 aromatic carbocycles. The van der Waals surface area contributed by atoms with Gasteiger partial charge in [-0.2, -0.15) is 0 Å². The second kappa shape index (κ2) is 7.79. The number of hydrogen-bond donors (Lipinski definition) is 0. The zero-order valence-corrected chi connectivity index (χ0v) is 13.6. The van der Waals surface area contributed by atoms with Crippen molar-refractivity contribution < 1.29 is 19.0 Å². The number of aromatic nitrogens is 1. The van der Waals surface area contributed by atoms with Gasteiger partial charge in [0.25, 0.3) is 5.91 Å². The fourth-order valence-corrected chi connectivity index (χ4v) is 2.44. The number of amides is 1. The van der Waals surface area contributed by atoms with Gasteiger partial charge in [-0.25, -0.2) is 4.98 Å². The van der Waals surface area contributed by atoms with E-state index in [4.69, 9.17) is 14.2 Å². The third-order valence-corrected chi connectivity index (χ3v) is 3.62. The average molecular weight is 328 g/mol. The van der Waals surface area contributed by atoms with Crippen molar-refractivity contribution in [3.8, 4) is 17.4 Å². The molecule has 1 fully saturated rings. The fourth-order valence-electron chi connectivity index (χ4n) is 2.44. The van der Waals surface area contributed by atoms with E-state index >= 15 is 0 Å². The number of morpholine rings is 1. The number of ether oxygens (including phenoxy) is 3. The molecular formula is C18H20N2O4. The summed E-state index contributed by atoms with van der Waals surface area (Å²) in [5.74, 6) is 1.66. The first-order valence-electron chi connectivity index (χ1n) is 7.92. The largest absolute Gasteiger partial charge is 0.484 e. The predicted octanol–water partition coefficient (Wildman–Crippen LogP) is 2.50. The number of benzene rings is 1. The third-order valence-electron chi connectivity index (χ3n) is 3.62. The SMILES string of the molecule is C[C@H]1CN(C(=O)COc2cccc(Oc3ccccn3)c2)CCO1. The van der Waals surface area contributed by atoms with E-state index in [1.54, 1.807) is 29.3 Å². The van der Waals surface area contributed by atoms with Crippen LogP contribution in [-0.4, -0.2) is 48.2 Å². The van der Waals surface area contributed by atoms with Crippen molar-refractivity contribution in [2.75, 3.05) is 26.3 Å². The molecule has 1 saturated heterocycles. The summed E-state index contributed by atoms with van der Waals surface area (Å²) < 4.78 is 16.7. The van der Waals surface area contributed by atoms with Crippen molar-refractivity contribution in [2.45, 2.75) is 13.0 Å². The third kappa shape index (κ3) is 4.45. The van der Waals surface area contributed by atoms with E-state index in [1.807, 2.05) is 31.2 Å². The Hall–Kier alpha value is -2.60. The summed E-state index contributed by atoms with van der Waals surface area (Å²) >= 11 is 0. The summed E-state index contributed by atoms with van der Waals surface area (Å²) in [4.78, 5) is 18.1. The predicted molar refractivity (Wildman–Crippen MR) is 88.2 cm³/mol. The van der Waals surface area contributed by atoms with Gasteiger partial charge in [0.2, 0.25) is 5.88 Å². The number of nitrogens with zero attached hydrogens (tertiary/aromatic N) is 2. The van der Waals surface area contributed by atoms with Crippen molar-refractivity contribution in [2.24, 2.45) is 0 Å². The van der Waals surface area contributed by atoms with Crippen LogP contribution < -0.4 is 9.47 Å². The van der Waals surface area contributed by atoms with E-state index in [1.165, 1.54) is 0 Å². The average Bonchev–Trinajstić information content (AvgIpc) is 2.61. The van der Waals surface area contributed by atoms with Gasteiger partial charge < -0.3 is 19.1 Å². The maximum Gasteiger partial charge on any atom is 0.260 e. The van der Waals surface area contributed by atoms with Crippen LogP contribution in [-0.2, 0) is 9.53 Å². The topological polar surface area (TPSA) is 60.9 Å². The van der Waals surface area contributed by atoms with E-state index in [0.717, 1.165) is 0 Å². The Kier molecular flexibility index (Phi) is 5.28. The molecule has 0 unspecified atom stereocenters. The molecule has 24 heavy (non-hydrogen) atoms. The first kappa shape index (κ1) is 16.3. The maximum absolute atomic E-state index is 12.2. The highest BCUT2D eigenvalue weighted by Crippen LogP contribution is 2.23. The van der Waals surface area contributed by atoms with Crippen molar-refractivity contribution >= 4 is 5.91 Å². The van der Waals surface area contributed by atoms with Crippen LogP contribution in [0.5, 0.6) is 17.4 Å². The second-order valence-electron chi connectivity index (χ2n) is 5.55. The molecule has 0 aliphatic carbocycles. The molecule has 6 nitrogen and oxygen atoms in total. The maximum atomic E-state index is 12.2. The quantitative estimate of drug-likeness (QED) is 0.844. The highest BCUT2D eigenvalue weighted by Gasteiger charge is 2.21. The van der Waals surface area contributed by atoms with Gasteiger partial charge in [-0.1, -0.05) is 12.1 Å². The van der Waals surface area contributed by atoms with Crippen molar-refractivity contribution in [1.29, 1.82) is 0 Å². The lowest BCUT2D eigenvalue weighted by molar-refractivity contribution is -0.140. The summed E-state index contributed by atoms with van der Waals surface area (Å²) in [5.41, 5.74) is 0. The normalized spacial score (nSPS) is 17.4. The Labute approximate surface area is 141 Å². The monoisotopic (exact) mass is 328 g/mol. The van der Waals surface area contributed by atoms with Crippen LogP contribution in [0.3, 0.4) is 0 Å². The highest BCUT2D eigenvalue weighted by atomic mass is 16.5. The van der Waals surface area contributed by atoms with Crippen LogP contribution >= 0.6 is 0 Å². The first-order chi connectivity index (χ1) is 11.7. The number of pyridine rings is 1. The van der Waals surface area contributed by atoms with Crippen LogP contribution in [0.2, 0.25) is 0 Å².